The smallest absolute Gasteiger partial charge is 0.251 e. The predicted octanol–water partition coefficient (Wildman–Crippen LogP) is 3.12. The van der Waals surface area contributed by atoms with Gasteiger partial charge >= 0.3 is 0 Å². The molecule has 100 valence electrons. The van der Waals surface area contributed by atoms with Gasteiger partial charge in [0.2, 0.25) is 0 Å². The van der Waals surface area contributed by atoms with Crippen LogP contribution in [0.1, 0.15) is 49.5 Å². The van der Waals surface area contributed by atoms with Crippen molar-refractivity contribution in [3.8, 4) is 5.75 Å². The maximum Gasteiger partial charge on any atom is 0.251 e. The minimum Gasteiger partial charge on any atom is -0.508 e. The van der Waals surface area contributed by atoms with Crippen LogP contribution in [-0.4, -0.2) is 17.6 Å². The van der Waals surface area contributed by atoms with Crippen LogP contribution in [0.25, 0.3) is 0 Å². The number of nitrogens with one attached hydrogen (secondary N) is 1. The van der Waals surface area contributed by atoms with Gasteiger partial charge in [0, 0.05) is 12.1 Å². The first kappa shape index (κ1) is 14.6. The minimum absolute atomic E-state index is 0.0465. The Hall–Kier alpha value is -1.51. The van der Waals surface area contributed by atoms with Gasteiger partial charge in [-0.25, -0.2) is 0 Å². The molecule has 0 saturated carbocycles. The molecule has 0 unspecified atom stereocenters. The van der Waals surface area contributed by atoms with Crippen LogP contribution in [-0.2, 0) is 6.42 Å². The van der Waals surface area contributed by atoms with Gasteiger partial charge in [-0.15, -0.1) is 0 Å². The third kappa shape index (κ3) is 4.40. The molecule has 0 aliphatic rings. The number of rotatable bonds is 6. The van der Waals surface area contributed by atoms with Gasteiger partial charge in [-0.1, -0.05) is 27.2 Å². The lowest BCUT2D eigenvalue weighted by Gasteiger charge is -2.11. The second-order valence-electron chi connectivity index (χ2n) is 5.05. The number of carbonyl (C=O) groups is 1. The van der Waals surface area contributed by atoms with Crippen LogP contribution < -0.4 is 5.32 Å². The monoisotopic (exact) mass is 249 g/mol. The summed E-state index contributed by atoms with van der Waals surface area (Å²) in [5, 5.41) is 12.4. The van der Waals surface area contributed by atoms with Gasteiger partial charge in [-0.2, -0.15) is 0 Å². The Morgan fingerprint density at radius 1 is 1.39 bits per heavy atom. The molecule has 1 aromatic rings. The van der Waals surface area contributed by atoms with Crippen LogP contribution in [0.2, 0.25) is 0 Å². The number of benzene rings is 1. The van der Waals surface area contributed by atoms with E-state index in [9.17, 15) is 9.90 Å². The Morgan fingerprint density at radius 3 is 2.72 bits per heavy atom. The lowest BCUT2D eigenvalue weighted by molar-refractivity contribution is 0.0948. The number of unbranched alkanes of at least 4 members (excludes halogenated alkanes) is 1. The van der Waals surface area contributed by atoms with Crippen LogP contribution in [0.15, 0.2) is 18.2 Å². The molecule has 0 aliphatic heterocycles. The standard InChI is InChI=1S/C15H23NO2/c1-4-5-6-12-9-13(17)7-8-14(12)15(18)16-10-11(2)3/h7-9,11,17H,4-6,10H2,1-3H3,(H,16,18). The molecule has 1 aromatic carbocycles. The van der Waals surface area contributed by atoms with Crippen molar-refractivity contribution in [2.24, 2.45) is 5.92 Å². The van der Waals surface area contributed by atoms with E-state index in [1.807, 2.05) is 0 Å². The number of carbonyl (C=O) groups excluding carboxylic acids is 1. The maximum atomic E-state index is 12.1. The normalized spacial score (nSPS) is 10.7. The quantitative estimate of drug-likeness (QED) is 0.813. The van der Waals surface area contributed by atoms with E-state index in [1.54, 1.807) is 18.2 Å². The number of phenols is 1. The van der Waals surface area contributed by atoms with Crippen LogP contribution >= 0.6 is 0 Å². The van der Waals surface area contributed by atoms with Crippen LogP contribution in [0.4, 0.5) is 0 Å². The second-order valence-corrected chi connectivity index (χ2v) is 5.05. The SMILES string of the molecule is CCCCc1cc(O)ccc1C(=O)NCC(C)C. The third-order valence-corrected chi connectivity index (χ3v) is 2.80. The highest BCUT2D eigenvalue weighted by molar-refractivity contribution is 5.95. The van der Waals surface area contributed by atoms with Crippen molar-refractivity contribution in [1.29, 1.82) is 0 Å². The van der Waals surface area contributed by atoms with E-state index in [2.05, 4.69) is 26.1 Å². The molecule has 18 heavy (non-hydrogen) atoms. The largest absolute Gasteiger partial charge is 0.508 e. The average Bonchev–Trinajstić information content (AvgIpc) is 2.33. The van der Waals surface area contributed by atoms with Crippen molar-refractivity contribution in [3.63, 3.8) is 0 Å². The second kappa shape index (κ2) is 7.04. The van der Waals surface area contributed by atoms with Gasteiger partial charge in [0.1, 0.15) is 5.75 Å². The summed E-state index contributed by atoms with van der Waals surface area (Å²) in [6, 6.07) is 4.97. The summed E-state index contributed by atoms with van der Waals surface area (Å²) in [6.45, 7) is 6.92. The number of phenolic OH excluding ortho intramolecular Hbond substituents is 1. The molecule has 0 spiro atoms. The van der Waals surface area contributed by atoms with Crippen molar-refractivity contribution < 1.29 is 9.90 Å². The van der Waals surface area contributed by atoms with E-state index in [4.69, 9.17) is 0 Å². The van der Waals surface area contributed by atoms with Gasteiger partial charge in [0.25, 0.3) is 5.91 Å². The van der Waals surface area contributed by atoms with Crippen LogP contribution in [0.5, 0.6) is 5.75 Å². The average molecular weight is 249 g/mol. The molecule has 0 saturated heterocycles. The van der Waals surface area contributed by atoms with Crippen molar-refractivity contribution in [2.45, 2.75) is 40.0 Å². The van der Waals surface area contributed by atoms with E-state index in [1.165, 1.54) is 0 Å². The molecular formula is C15H23NO2. The Bertz CT molecular complexity index is 399. The Kier molecular flexibility index (Phi) is 5.69. The van der Waals surface area contributed by atoms with E-state index >= 15 is 0 Å². The first-order valence-electron chi connectivity index (χ1n) is 6.64. The molecule has 0 bridgehead atoms. The molecule has 3 nitrogen and oxygen atoms in total. The number of hydrogen-bond donors (Lipinski definition) is 2. The summed E-state index contributed by atoms with van der Waals surface area (Å²) in [5.74, 6) is 0.612. The Balaban J connectivity index is 2.82. The van der Waals surface area contributed by atoms with Gasteiger partial charge in [0.05, 0.1) is 0 Å². The fourth-order valence-corrected chi connectivity index (χ4v) is 1.77. The number of aromatic hydroxyl groups is 1. The lowest BCUT2D eigenvalue weighted by atomic mass is 10.0. The Labute approximate surface area is 109 Å². The molecule has 0 atom stereocenters. The van der Waals surface area contributed by atoms with E-state index < -0.39 is 0 Å². The number of hydrogen-bond acceptors (Lipinski definition) is 2. The van der Waals surface area contributed by atoms with Crippen LogP contribution in [0, 0.1) is 5.92 Å². The fraction of sp³-hybridized carbons (Fsp3) is 0.533. The van der Waals surface area contributed by atoms with Gasteiger partial charge in [-0.3, -0.25) is 4.79 Å². The molecule has 1 amide bonds. The number of aryl methyl sites for hydroxylation is 1. The highest BCUT2D eigenvalue weighted by Gasteiger charge is 2.11. The van der Waals surface area contributed by atoms with Crippen molar-refractivity contribution in [1.82, 2.24) is 5.32 Å². The lowest BCUT2D eigenvalue weighted by Crippen LogP contribution is -2.28. The zero-order valence-corrected chi connectivity index (χ0v) is 11.5. The molecule has 1 rings (SSSR count). The third-order valence-electron chi connectivity index (χ3n) is 2.80. The first-order valence-corrected chi connectivity index (χ1v) is 6.64. The first-order chi connectivity index (χ1) is 8.54. The van der Waals surface area contributed by atoms with E-state index in [0.717, 1.165) is 24.8 Å². The summed E-state index contributed by atoms with van der Waals surface area (Å²) in [4.78, 5) is 12.1. The molecule has 0 aliphatic carbocycles. The van der Waals surface area contributed by atoms with E-state index in [0.29, 0.717) is 18.0 Å². The molecule has 0 fully saturated rings. The van der Waals surface area contributed by atoms with Gasteiger partial charge in [0.15, 0.2) is 0 Å². The summed E-state index contributed by atoms with van der Waals surface area (Å²) in [5.41, 5.74) is 1.61. The van der Waals surface area contributed by atoms with Crippen molar-refractivity contribution in [3.05, 3.63) is 29.3 Å². The summed E-state index contributed by atoms with van der Waals surface area (Å²) in [7, 11) is 0. The summed E-state index contributed by atoms with van der Waals surface area (Å²) >= 11 is 0. The zero-order valence-electron chi connectivity index (χ0n) is 11.5. The topological polar surface area (TPSA) is 49.3 Å². The predicted molar refractivity (Wildman–Crippen MR) is 73.9 cm³/mol. The summed E-state index contributed by atoms with van der Waals surface area (Å²) in [6.07, 6.45) is 2.92. The molecule has 0 radical (unpaired) electrons. The molecule has 3 heteroatoms. The molecule has 2 N–H and O–H groups in total. The Morgan fingerprint density at radius 2 is 2.11 bits per heavy atom. The molecule has 0 heterocycles. The molecule has 0 aromatic heterocycles. The van der Waals surface area contributed by atoms with Crippen LogP contribution in [0.3, 0.4) is 0 Å². The highest BCUT2D eigenvalue weighted by atomic mass is 16.3. The van der Waals surface area contributed by atoms with Gasteiger partial charge < -0.3 is 10.4 Å². The number of amides is 1. The fourth-order valence-electron chi connectivity index (χ4n) is 1.77. The minimum atomic E-state index is -0.0465. The van der Waals surface area contributed by atoms with Crippen molar-refractivity contribution in [2.75, 3.05) is 6.54 Å². The van der Waals surface area contributed by atoms with Crippen molar-refractivity contribution >= 4 is 5.91 Å². The highest BCUT2D eigenvalue weighted by Crippen LogP contribution is 2.19. The van der Waals surface area contributed by atoms with Gasteiger partial charge in [-0.05, 0) is 42.5 Å². The molecular weight excluding hydrogens is 226 g/mol. The van der Waals surface area contributed by atoms with E-state index in [-0.39, 0.29) is 11.7 Å². The zero-order chi connectivity index (χ0) is 13.5. The maximum absolute atomic E-state index is 12.1. The summed E-state index contributed by atoms with van der Waals surface area (Å²) < 4.78 is 0.